The van der Waals surface area contributed by atoms with Crippen molar-refractivity contribution in [3.63, 3.8) is 0 Å². The Morgan fingerprint density at radius 1 is 1.26 bits per heavy atom. The zero-order valence-electron chi connectivity index (χ0n) is 20.9. The van der Waals surface area contributed by atoms with Crippen LogP contribution in [0.4, 0.5) is 18.9 Å². The number of aryl methyl sites for hydroxylation is 1. The molecule has 9 nitrogen and oxygen atoms in total. The third kappa shape index (κ3) is 4.91. The quantitative estimate of drug-likeness (QED) is 0.460. The van der Waals surface area contributed by atoms with Gasteiger partial charge in [-0.05, 0) is 55.7 Å². The van der Waals surface area contributed by atoms with Gasteiger partial charge in [0.05, 0.1) is 36.1 Å². The van der Waals surface area contributed by atoms with Crippen molar-refractivity contribution < 1.29 is 32.5 Å². The maximum absolute atomic E-state index is 13.0. The number of hydrogen-bond donors (Lipinski definition) is 2. The Hall–Kier alpha value is -4.08. The van der Waals surface area contributed by atoms with Crippen LogP contribution in [0.25, 0.3) is 11.3 Å². The second-order valence-corrected chi connectivity index (χ2v) is 9.66. The van der Waals surface area contributed by atoms with E-state index in [-0.39, 0.29) is 24.8 Å². The van der Waals surface area contributed by atoms with E-state index in [1.165, 1.54) is 6.07 Å². The van der Waals surface area contributed by atoms with E-state index >= 15 is 0 Å². The number of pyridine rings is 1. The second-order valence-electron chi connectivity index (χ2n) is 9.66. The lowest BCUT2D eigenvalue weighted by molar-refractivity contribution is -0.141. The van der Waals surface area contributed by atoms with Gasteiger partial charge in [0.25, 0.3) is 5.91 Å². The summed E-state index contributed by atoms with van der Waals surface area (Å²) in [5.41, 5.74) is 0.338. The van der Waals surface area contributed by atoms with Crippen molar-refractivity contribution in [2.24, 2.45) is 5.41 Å². The zero-order valence-corrected chi connectivity index (χ0v) is 20.9. The Kier molecular flexibility index (Phi) is 6.74. The predicted octanol–water partition coefficient (Wildman–Crippen LogP) is 4.06. The fourth-order valence-electron chi connectivity index (χ4n) is 5.04. The average molecular weight is 540 g/mol. The highest BCUT2D eigenvalue weighted by molar-refractivity contribution is 6.04. The first-order valence-corrected chi connectivity index (χ1v) is 12.2. The van der Waals surface area contributed by atoms with Gasteiger partial charge in [-0.15, -0.1) is 0 Å². The van der Waals surface area contributed by atoms with E-state index in [1.54, 1.807) is 24.3 Å². The molecule has 0 radical (unpaired) electrons. The summed E-state index contributed by atoms with van der Waals surface area (Å²) >= 11 is 0. The van der Waals surface area contributed by atoms with Gasteiger partial charge in [0.15, 0.2) is 0 Å². The summed E-state index contributed by atoms with van der Waals surface area (Å²) in [7, 11) is 0. The van der Waals surface area contributed by atoms with Crippen LogP contribution in [-0.4, -0.2) is 52.4 Å². The molecule has 1 aliphatic carbocycles. The van der Waals surface area contributed by atoms with Crippen molar-refractivity contribution in [1.29, 1.82) is 5.26 Å². The molecular formula is C27H24F3N5O4. The number of carbonyl (C=O) groups excluding carboxylic acids is 1. The molecule has 2 atom stereocenters. The number of rotatable bonds is 7. The van der Waals surface area contributed by atoms with Crippen LogP contribution in [0.1, 0.15) is 40.2 Å². The molecule has 3 aromatic rings. The van der Waals surface area contributed by atoms with Crippen LogP contribution in [0, 0.1) is 23.7 Å². The van der Waals surface area contributed by atoms with Crippen molar-refractivity contribution in [3.8, 4) is 23.3 Å². The summed E-state index contributed by atoms with van der Waals surface area (Å²) in [6.07, 6.45) is -2.54. The number of nitrogens with one attached hydrogen (secondary N) is 1. The first kappa shape index (κ1) is 26.5. The molecule has 2 fully saturated rings. The molecule has 2 aromatic heterocycles. The number of aliphatic hydroxyl groups excluding tert-OH is 1. The van der Waals surface area contributed by atoms with Crippen LogP contribution in [0.2, 0.25) is 0 Å². The highest BCUT2D eigenvalue weighted by atomic mass is 19.4. The van der Waals surface area contributed by atoms with Gasteiger partial charge >= 0.3 is 12.2 Å². The Morgan fingerprint density at radius 2 is 2.08 bits per heavy atom. The predicted molar refractivity (Wildman–Crippen MR) is 132 cm³/mol. The Morgan fingerprint density at radius 3 is 2.82 bits per heavy atom. The van der Waals surface area contributed by atoms with Crippen LogP contribution in [0.3, 0.4) is 0 Å². The Labute approximate surface area is 221 Å². The number of amides is 1. The second kappa shape index (κ2) is 9.91. The standard InChI is InChI=1S/C27H24F3N5O4/c1-16-2-3-18(33-23(37)17-4-6-32-22(10-17)27(28,29)30)11-19(16)20-12-21(35-24(34-20)39-9-7-36)26-5-8-38-15-25(26,13-26)14-31/h2-4,6,10-12,36H,5,7-9,13,15H2,1H3,(H,33,37). The number of nitrogens with zero attached hydrogens (tertiary/aromatic N) is 4. The number of halogens is 3. The molecule has 1 amide bonds. The molecule has 5 rings (SSSR count). The van der Waals surface area contributed by atoms with Gasteiger partial charge in [0.2, 0.25) is 0 Å². The molecule has 12 heteroatoms. The molecule has 0 spiro atoms. The van der Waals surface area contributed by atoms with Crippen LogP contribution in [0.15, 0.2) is 42.6 Å². The number of benzene rings is 1. The fourth-order valence-corrected chi connectivity index (χ4v) is 5.04. The molecule has 2 unspecified atom stereocenters. The van der Waals surface area contributed by atoms with Gasteiger partial charge in [0, 0.05) is 35.0 Å². The van der Waals surface area contributed by atoms with Gasteiger partial charge in [-0.1, -0.05) is 6.07 Å². The molecular weight excluding hydrogens is 515 g/mol. The number of anilines is 1. The molecule has 3 heterocycles. The maximum Gasteiger partial charge on any atom is 0.433 e. The number of carbonyl (C=O) groups is 1. The van der Waals surface area contributed by atoms with E-state index in [2.05, 4.69) is 26.3 Å². The number of nitriles is 1. The minimum absolute atomic E-state index is 0.0245. The SMILES string of the molecule is Cc1ccc(NC(=O)c2ccnc(C(F)(F)F)c2)cc1-c1cc(C23CCOCC2(C#N)C3)nc(OCCO)n1. The third-order valence-electron chi connectivity index (χ3n) is 7.23. The maximum atomic E-state index is 13.0. The van der Waals surface area contributed by atoms with Crippen molar-refractivity contribution in [2.75, 3.05) is 31.7 Å². The van der Waals surface area contributed by atoms with Crippen molar-refractivity contribution >= 4 is 11.6 Å². The van der Waals surface area contributed by atoms with Crippen LogP contribution in [-0.2, 0) is 16.3 Å². The highest BCUT2D eigenvalue weighted by Gasteiger charge is 2.71. The summed E-state index contributed by atoms with van der Waals surface area (Å²) in [6.45, 7) is 2.38. The minimum Gasteiger partial charge on any atom is -0.461 e. The normalized spacial score (nSPS) is 21.9. The molecule has 39 heavy (non-hydrogen) atoms. The third-order valence-corrected chi connectivity index (χ3v) is 7.23. The molecule has 202 valence electrons. The molecule has 2 N–H and O–H groups in total. The zero-order chi connectivity index (χ0) is 27.8. The van der Waals surface area contributed by atoms with Gasteiger partial charge in [-0.25, -0.2) is 0 Å². The number of hydrogen-bond acceptors (Lipinski definition) is 8. The largest absolute Gasteiger partial charge is 0.461 e. The number of aliphatic hydroxyl groups is 1. The van der Waals surface area contributed by atoms with E-state index in [4.69, 9.17) is 9.47 Å². The monoisotopic (exact) mass is 539 g/mol. The number of ether oxygens (including phenoxy) is 2. The van der Waals surface area contributed by atoms with Crippen molar-refractivity contribution in [1.82, 2.24) is 15.0 Å². The van der Waals surface area contributed by atoms with Crippen LogP contribution in [0.5, 0.6) is 6.01 Å². The van der Waals surface area contributed by atoms with Crippen molar-refractivity contribution in [2.45, 2.75) is 31.4 Å². The highest BCUT2D eigenvalue weighted by Crippen LogP contribution is 2.68. The average Bonchev–Trinajstić information content (AvgIpc) is 3.64. The lowest BCUT2D eigenvalue weighted by atomic mass is 9.85. The smallest absolute Gasteiger partial charge is 0.433 e. The summed E-state index contributed by atoms with van der Waals surface area (Å²) in [4.78, 5) is 25.1. The molecule has 1 aromatic carbocycles. The van der Waals surface area contributed by atoms with E-state index in [1.807, 2.05) is 6.92 Å². The summed E-state index contributed by atoms with van der Waals surface area (Å²) in [6, 6.07) is 11.2. The Bertz CT molecular complexity index is 1470. The number of fused-ring (bicyclic) bond motifs is 1. The molecule has 1 saturated carbocycles. The summed E-state index contributed by atoms with van der Waals surface area (Å²) < 4.78 is 50.3. The molecule has 2 aliphatic rings. The Balaban J connectivity index is 1.49. The van der Waals surface area contributed by atoms with E-state index in [0.29, 0.717) is 54.8 Å². The van der Waals surface area contributed by atoms with Gasteiger partial charge in [0.1, 0.15) is 12.3 Å². The number of alkyl halides is 3. The number of aromatic nitrogens is 3. The lowest BCUT2D eigenvalue weighted by Crippen LogP contribution is -2.30. The first-order valence-electron chi connectivity index (χ1n) is 12.2. The van der Waals surface area contributed by atoms with Gasteiger partial charge in [-0.2, -0.15) is 28.4 Å². The lowest BCUT2D eigenvalue weighted by Gasteiger charge is -2.26. The molecule has 1 saturated heterocycles. The fraction of sp³-hybridized carbons (Fsp3) is 0.370. The minimum atomic E-state index is -4.68. The molecule has 1 aliphatic heterocycles. The topological polar surface area (TPSA) is 130 Å². The summed E-state index contributed by atoms with van der Waals surface area (Å²) in [5, 5.41) is 21.8. The van der Waals surface area contributed by atoms with E-state index in [9.17, 15) is 28.3 Å². The molecule has 0 bridgehead atoms. The van der Waals surface area contributed by atoms with Gasteiger partial charge in [-0.3, -0.25) is 9.78 Å². The summed E-state index contributed by atoms with van der Waals surface area (Å²) in [5.74, 6) is -0.731. The van der Waals surface area contributed by atoms with Gasteiger partial charge < -0.3 is 19.9 Å². The first-order chi connectivity index (χ1) is 18.6. The van der Waals surface area contributed by atoms with E-state index < -0.39 is 28.6 Å². The van der Waals surface area contributed by atoms with Crippen LogP contribution < -0.4 is 10.1 Å². The van der Waals surface area contributed by atoms with Crippen LogP contribution >= 0.6 is 0 Å². The van der Waals surface area contributed by atoms with Crippen molar-refractivity contribution in [3.05, 3.63) is 65.1 Å². The van der Waals surface area contributed by atoms with E-state index in [0.717, 1.165) is 11.8 Å².